The number of carbonyl (C=O) groups is 1. The molecule has 23 heavy (non-hydrogen) atoms. The van der Waals surface area contributed by atoms with Gasteiger partial charge in [-0.15, -0.1) is 11.3 Å². The topological polar surface area (TPSA) is 62.2 Å². The number of benzene rings is 1. The Morgan fingerprint density at radius 1 is 1.48 bits per heavy atom. The number of nitrogens with one attached hydrogen (secondary N) is 1. The molecule has 2 aromatic rings. The van der Waals surface area contributed by atoms with Crippen LogP contribution in [0.5, 0.6) is 0 Å². The first-order valence-corrected chi connectivity index (χ1v) is 8.64. The molecule has 0 aliphatic heterocycles. The van der Waals surface area contributed by atoms with Crippen molar-refractivity contribution in [3.8, 4) is 0 Å². The summed E-state index contributed by atoms with van der Waals surface area (Å²) in [5.41, 5.74) is 1.23. The molecule has 1 aliphatic rings. The maximum absolute atomic E-state index is 13.2. The number of nitrogens with zero attached hydrogens (tertiary/aromatic N) is 1. The molecule has 1 amide bonds. The number of hydrogen-bond acceptors (Lipinski definition) is 4. The number of thiazole rings is 1. The summed E-state index contributed by atoms with van der Waals surface area (Å²) in [6.45, 7) is 0.0728. The Morgan fingerprint density at radius 3 is 3.00 bits per heavy atom. The van der Waals surface area contributed by atoms with Crippen LogP contribution in [-0.4, -0.2) is 28.6 Å². The van der Waals surface area contributed by atoms with Crippen LogP contribution in [0.1, 0.15) is 40.3 Å². The molecule has 122 valence electrons. The van der Waals surface area contributed by atoms with E-state index in [-0.39, 0.29) is 24.4 Å². The van der Waals surface area contributed by atoms with Gasteiger partial charge in [0, 0.05) is 24.4 Å². The Bertz CT molecular complexity index is 685. The lowest BCUT2D eigenvalue weighted by Gasteiger charge is -2.16. The molecule has 1 atom stereocenters. The van der Waals surface area contributed by atoms with E-state index in [9.17, 15) is 9.18 Å². The Hall–Kier alpha value is -1.79. The lowest BCUT2D eigenvalue weighted by atomic mass is 10.1. The van der Waals surface area contributed by atoms with Crippen LogP contribution in [0.4, 0.5) is 4.39 Å². The van der Waals surface area contributed by atoms with Crippen LogP contribution in [0.15, 0.2) is 29.6 Å². The molecule has 1 heterocycles. The first kappa shape index (κ1) is 16.1. The molecule has 0 saturated heterocycles. The fourth-order valence-electron chi connectivity index (χ4n) is 2.62. The van der Waals surface area contributed by atoms with Crippen molar-refractivity contribution in [2.24, 2.45) is 5.92 Å². The van der Waals surface area contributed by atoms with Gasteiger partial charge in [-0.3, -0.25) is 4.79 Å². The third kappa shape index (κ3) is 4.36. The van der Waals surface area contributed by atoms with Gasteiger partial charge in [-0.25, -0.2) is 9.37 Å². The second-order valence-electron chi connectivity index (χ2n) is 5.86. The van der Waals surface area contributed by atoms with Crippen LogP contribution in [0, 0.1) is 11.7 Å². The minimum atomic E-state index is -0.270. The van der Waals surface area contributed by atoms with Crippen LogP contribution in [0.2, 0.25) is 0 Å². The van der Waals surface area contributed by atoms with E-state index in [4.69, 9.17) is 5.11 Å². The number of halogens is 1. The molecule has 0 radical (unpaired) electrons. The highest BCUT2D eigenvalue weighted by Gasteiger charge is 2.32. The number of aliphatic hydroxyl groups excluding tert-OH is 1. The van der Waals surface area contributed by atoms with Gasteiger partial charge < -0.3 is 10.4 Å². The van der Waals surface area contributed by atoms with Crippen LogP contribution in [0.3, 0.4) is 0 Å². The summed E-state index contributed by atoms with van der Waals surface area (Å²) in [7, 11) is 0. The van der Waals surface area contributed by atoms with Gasteiger partial charge in [0.2, 0.25) is 0 Å². The van der Waals surface area contributed by atoms with Crippen molar-refractivity contribution in [3.63, 3.8) is 0 Å². The van der Waals surface area contributed by atoms with E-state index in [1.807, 2.05) is 6.07 Å². The van der Waals surface area contributed by atoms with Crippen LogP contribution < -0.4 is 5.32 Å². The second kappa shape index (κ2) is 7.19. The maximum Gasteiger partial charge on any atom is 0.270 e. The van der Waals surface area contributed by atoms with Crippen LogP contribution in [0.25, 0.3) is 0 Å². The Labute approximate surface area is 138 Å². The van der Waals surface area contributed by atoms with Crippen molar-refractivity contribution in [1.82, 2.24) is 10.3 Å². The average Bonchev–Trinajstić information content (AvgIpc) is 3.26. The minimum absolute atomic E-state index is 0.0286. The summed E-state index contributed by atoms with van der Waals surface area (Å²) < 4.78 is 13.2. The highest BCUT2D eigenvalue weighted by Crippen LogP contribution is 2.34. The largest absolute Gasteiger partial charge is 0.396 e. The Kier molecular flexibility index (Phi) is 5.03. The number of amides is 1. The lowest BCUT2D eigenvalue weighted by Crippen LogP contribution is -2.37. The van der Waals surface area contributed by atoms with E-state index in [2.05, 4.69) is 10.3 Å². The molecule has 6 heteroatoms. The van der Waals surface area contributed by atoms with Gasteiger partial charge in [-0.1, -0.05) is 12.1 Å². The fourth-order valence-corrected chi connectivity index (χ4v) is 3.43. The summed E-state index contributed by atoms with van der Waals surface area (Å²) in [6.07, 6.45) is 3.30. The van der Waals surface area contributed by atoms with Crippen LogP contribution >= 0.6 is 11.3 Å². The smallest absolute Gasteiger partial charge is 0.270 e. The number of aromatic nitrogens is 1. The molecular formula is C17H19FN2O2S. The fraction of sp³-hybridized carbons (Fsp3) is 0.412. The van der Waals surface area contributed by atoms with Crippen molar-refractivity contribution < 1.29 is 14.3 Å². The van der Waals surface area contributed by atoms with Gasteiger partial charge in [0.05, 0.1) is 5.01 Å². The van der Waals surface area contributed by atoms with Crippen molar-refractivity contribution in [1.29, 1.82) is 0 Å². The number of rotatable bonds is 7. The van der Waals surface area contributed by atoms with Crippen molar-refractivity contribution in [2.45, 2.75) is 31.7 Å². The second-order valence-corrected chi connectivity index (χ2v) is 6.81. The van der Waals surface area contributed by atoms with Gasteiger partial charge in [-0.2, -0.15) is 0 Å². The zero-order valence-electron chi connectivity index (χ0n) is 12.7. The molecule has 0 bridgehead atoms. The predicted molar refractivity (Wildman–Crippen MR) is 87.0 cm³/mol. The molecule has 1 aromatic carbocycles. The molecule has 1 aromatic heterocycles. The summed E-state index contributed by atoms with van der Waals surface area (Å²) >= 11 is 1.40. The highest BCUT2D eigenvalue weighted by atomic mass is 32.1. The number of aliphatic hydroxyl groups is 1. The molecule has 1 aliphatic carbocycles. The molecule has 3 rings (SSSR count). The molecule has 0 spiro atoms. The summed E-state index contributed by atoms with van der Waals surface area (Å²) in [5.74, 6) is 0.0156. The first-order chi connectivity index (χ1) is 11.2. The maximum atomic E-state index is 13.2. The lowest BCUT2D eigenvalue weighted by molar-refractivity contribution is 0.0919. The molecule has 4 nitrogen and oxygen atoms in total. The normalized spacial score (nSPS) is 15.4. The molecule has 1 unspecified atom stereocenters. The SMILES string of the molecule is O=C(NC(CCO)C1CC1)c1csc(Cc2cccc(F)c2)n1. The van der Waals surface area contributed by atoms with Crippen molar-refractivity contribution >= 4 is 17.2 Å². The summed E-state index contributed by atoms with van der Waals surface area (Å²) in [6, 6.07) is 6.42. The van der Waals surface area contributed by atoms with Crippen LogP contribution in [-0.2, 0) is 6.42 Å². The molecule has 1 saturated carbocycles. The third-order valence-electron chi connectivity index (χ3n) is 3.98. The minimum Gasteiger partial charge on any atom is -0.396 e. The first-order valence-electron chi connectivity index (χ1n) is 7.76. The quantitative estimate of drug-likeness (QED) is 0.818. The van der Waals surface area contributed by atoms with E-state index >= 15 is 0 Å². The third-order valence-corrected chi connectivity index (χ3v) is 4.83. The van der Waals surface area contributed by atoms with E-state index in [0.717, 1.165) is 23.4 Å². The van der Waals surface area contributed by atoms with E-state index in [1.54, 1.807) is 11.4 Å². The van der Waals surface area contributed by atoms with Gasteiger partial charge in [-0.05, 0) is 42.9 Å². The summed E-state index contributed by atoms with van der Waals surface area (Å²) in [4.78, 5) is 16.6. The number of hydrogen-bond donors (Lipinski definition) is 2. The van der Waals surface area contributed by atoms with Gasteiger partial charge in [0.1, 0.15) is 11.5 Å². The van der Waals surface area contributed by atoms with Crippen molar-refractivity contribution in [3.05, 3.63) is 51.7 Å². The predicted octanol–water partition coefficient (Wildman–Crippen LogP) is 2.76. The van der Waals surface area contributed by atoms with E-state index in [1.165, 1.54) is 23.5 Å². The van der Waals surface area contributed by atoms with Crippen molar-refractivity contribution in [2.75, 3.05) is 6.61 Å². The number of carbonyl (C=O) groups excluding carboxylic acids is 1. The zero-order valence-corrected chi connectivity index (χ0v) is 13.5. The highest BCUT2D eigenvalue weighted by molar-refractivity contribution is 7.09. The van der Waals surface area contributed by atoms with E-state index < -0.39 is 0 Å². The van der Waals surface area contributed by atoms with Gasteiger partial charge in [0.25, 0.3) is 5.91 Å². The standard InChI is InChI=1S/C17H19FN2O2S/c18-13-3-1-2-11(8-13)9-16-19-15(10-23-16)17(22)20-14(6-7-21)12-4-5-12/h1-3,8,10,12,14,21H,4-7,9H2,(H,20,22). The monoisotopic (exact) mass is 334 g/mol. The molecule has 1 fully saturated rings. The van der Waals surface area contributed by atoms with Gasteiger partial charge in [0.15, 0.2) is 0 Å². The zero-order chi connectivity index (χ0) is 16.2. The Balaban J connectivity index is 1.62. The molecule has 2 N–H and O–H groups in total. The Morgan fingerprint density at radius 2 is 2.30 bits per heavy atom. The van der Waals surface area contributed by atoms with Gasteiger partial charge >= 0.3 is 0 Å². The molecular weight excluding hydrogens is 315 g/mol. The van der Waals surface area contributed by atoms with E-state index in [0.29, 0.717) is 24.5 Å². The average molecular weight is 334 g/mol. The summed E-state index contributed by atoms with van der Waals surface area (Å²) in [5, 5.41) is 14.6.